The summed E-state index contributed by atoms with van der Waals surface area (Å²) in [6.45, 7) is 3.64. The van der Waals surface area contributed by atoms with Crippen molar-refractivity contribution in [3.8, 4) is 5.75 Å². The van der Waals surface area contributed by atoms with Crippen LogP contribution in [0.2, 0.25) is 0 Å². The summed E-state index contributed by atoms with van der Waals surface area (Å²) in [5.41, 5.74) is 7.56. The quantitative estimate of drug-likeness (QED) is 0.816. The smallest absolute Gasteiger partial charge is 0.248 e. The number of aryl methyl sites for hydroxylation is 1. The number of ether oxygens (including phenoxy) is 1. The van der Waals surface area contributed by atoms with Crippen molar-refractivity contribution in [3.63, 3.8) is 0 Å². The van der Waals surface area contributed by atoms with E-state index in [2.05, 4.69) is 21.8 Å². The fourth-order valence-corrected chi connectivity index (χ4v) is 2.12. The number of primary amides is 1. The summed E-state index contributed by atoms with van der Waals surface area (Å²) in [5.74, 6) is 0.207. The molecule has 0 aliphatic heterocycles. The van der Waals surface area contributed by atoms with Gasteiger partial charge in [0.25, 0.3) is 0 Å². The van der Waals surface area contributed by atoms with E-state index < -0.39 is 5.91 Å². The molecule has 1 heterocycles. The molecule has 1 amide bonds. The lowest BCUT2D eigenvalue weighted by Crippen LogP contribution is -2.12. The minimum absolute atomic E-state index is 0.445. The number of nitrogens with zero attached hydrogens (tertiary/aromatic N) is 2. The number of carbonyl (C=O) groups excluding carboxylic acids is 1. The predicted molar refractivity (Wildman–Crippen MR) is 81.4 cm³/mol. The fourth-order valence-electron chi connectivity index (χ4n) is 2.12. The molecule has 0 spiro atoms. The van der Waals surface area contributed by atoms with Crippen LogP contribution in [-0.2, 0) is 13.1 Å². The lowest BCUT2D eigenvalue weighted by molar-refractivity contribution is 0.100. The van der Waals surface area contributed by atoms with Crippen LogP contribution in [0, 0.1) is 0 Å². The minimum atomic E-state index is -0.461. The van der Waals surface area contributed by atoms with Crippen molar-refractivity contribution in [2.24, 2.45) is 5.73 Å². The number of imidazole rings is 1. The summed E-state index contributed by atoms with van der Waals surface area (Å²) in [6.07, 6.45) is 4.69. The molecular formula is C15H20N4O2. The van der Waals surface area contributed by atoms with Gasteiger partial charge in [-0.15, -0.1) is 0 Å². The first kappa shape index (κ1) is 14.9. The molecule has 112 valence electrons. The molecule has 1 aromatic heterocycles. The highest BCUT2D eigenvalue weighted by Gasteiger charge is 2.08. The van der Waals surface area contributed by atoms with Crippen molar-refractivity contribution >= 4 is 11.6 Å². The second kappa shape index (κ2) is 6.78. The SMILES string of the molecule is CCCn1cncc1CNc1cc(C(N)=O)ccc1OC. The molecule has 0 aliphatic carbocycles. The van der Waals surface area contributed by atoms with E-state index in [-0.39, 0.29) is 0 Å². The maximum Gasteiger partial charge on any atom is 0.248 e. The summed E-state index contributed by atoms with van der Waals surface area (Å²) in [4.78, 5) is 15.4. The molecule has 6 heteroatoms. The van der Waals surface area contributed by atoms with Crippen LogP contribution in [0.15, 0.2) is 30.7 Å². The van der Waals surface area contributed by atoms with Gasteiger partial charge in [-0.05, 0) is 24.6 Å². The van der Waals surface area contributed by atoms with E-state index in [9.17, 15) is 4.79 Å². The van der Waals surface area contributed by atoms with Gasteiger partial charge in [0, 0.05) is 18.3 Å². The Morgan fingerprint density at radius 1 is 1.48 bits per heavy atom. The molecule has 0 atom stereocenters. The summed E-state index contributed by atoms with van der Waals surface area (Å²) in [6, 6.07) is 5.07. The monoisotopic (exact) mass is 288 g/mol. The van der Waals surface area contributed by atoms with Gasteiger partial charge in [0.2, 0.25) is 5.91 Å². The van der Waals surface area contributed by atoms with Gasteiger partial charge in [0.1, 0.15) is 5.75 Å². The molecule has 1 aromatic carbocycles. The van der Waals surface area contributed by atoms with Crippen molar-refractivity contribution in [2.75, 3.05) is 12.4 Å². The Labute approximate surface area is 123 Å². The zero-order chi connectivity index (χ0) is 15.2. The molecule has 3 N–H and O–H groups in total. The van der Waals surface area contributed by atoms with E-state index in [0.717, 1.165) is 24.3 Å². The van der Waals surface area contributed by atoms with Crippen LogP contribution < -0.4 is 15.8 Å². The summed E-state index contributed by atoms with van der Waals surface area (Å²) < 4.78 is 7.39. The number of carbonyl (C=O) groups is 1. The van der Waals surface area contributed by atoms with Crippen LogP contribution in [0.1, 0.15) is 29.4 Å². The molecule has 0 aliphatic rings. The Morgan fingerprint density at radius 3 is 2.95 bits per heavy atom. The number of hydrogen-bond donors (Lipinski definition) is 2. The molecule has 0 unspecified atom stereocenters. The first-order valence-corrected chi connectivity index (χ1v) is 6.86. The highest BCUT2D eigenvalue weighted by Crippen LogP contribution is 2.25. The van der Waals surface area contributed by atoms with E-state index in [1.807, 2.05) is 12.5 Å². The summed E-state index contributed by atoms with van der Waals surface area (Å²) >= 11 is 0. The predicted octanol–water partition coefficient (Wildman–Crippen LogP) is 2.01. The van der Waals surface area contributed by atoms with Gasteiger partial charge in [-0.2, -0.15) is 0 Å². The van der Waals surface area contributed by atoms with Crippen LogP contribution in [0.4, 0.5) is 5.69 Å². The average Bonchev–Trinajstić information content (AvgIpc) is 2.92. The third-order valence-corrected chi connectivity index (χ3v) is 3.21. The first-order valence-electron chi connectivity index (χ1n) is 6.86. The van der Waals surface area contributed by atoms with Crippen molar-refractivity contribution in [3.05, 3.63) is 42.0 Å². The lowest BCUT2D eigenvalue weighted by Gasteiger charge is -2.13. The largest absolute Gasteiger partial charge is 0.495 e. The first-order chi connectivity index (χ1) is 10.2. The molecule has 0 radical (unpaired) electrons. The summed E-state index contributed by atoms with van der Waals surface area (Å²) in [7, 11) is 1.59. The van der Waals surface area contributed by atoms with Crippen LogP contribution in [0.25, 0.3) is 0 Å². The number of aromatic nitrogens is 2. The maximum absolute atomic E-state index is 11.3. The van der Waals surface area contributed by atoms with E-state index >= 15 is 0 Å². The van der Waals surface area contributed by atoms with Crippen molar-refractivity contribution in [2.45, 2.75) is 26.4 Å². The summed E-state index contributed by atoms with van der Waals surface area (Å²) in [5, 5.41) is 3.27. The van der Waals surface area contributed by atoms with Crippen LogP contribution in [0.3, 0.4) is 0 Å². The maximum atomic E-state index is 11.3. The van der Waals surface area contributed by atoms with E-state index in [1.165, 1.54) is 0 Å². The highest BCUT2D eigenvalue weighted by atomic mass is 16.5. The van der Waals surface area contributed by atoms with Gasteiger partial charge in [0.05, 0.1) is 31.4 Å². The molecule has 6 nitrogen and oxygen atoms in total. The standard InChI is InChI=1S/C15H20N4O2/c1-3-6-19-10-17-8-12(19)9-18-13-7-11(15(16)20)4-5-14(13)21-2/h4-5,7-8,10,18H,3,6,9H2,1-2H3,(H2,16,20). The van der Waals surface area contributed by atoms with Crippen molar-refractivity contribution in [1.29, 1.82) is 0 Å². The Kier molecular flexibility index (Phi) is 4.81. The van der Waals surface area contributed by atoms with Gasteiger partial charge >= 0.3 is 0 Å². The number of methoxy groups -OCH3 is 1. The van der Waals surface area contributed by atoms with Crippen molar-refractivity contribution in [1.82, 2.24) is 9.55 Å². The zero-order valence-corrected chi connectivity index (χ0v) is 12.3. The highest BCUT2D eigenvalue weighted by molar-refractivity contribution is 5.94. The Balaban J connectivity index is 2.16. The van der Waals surface area contributed by atoms with E-state index in [0.29, 0.717) is 17.9 Å². The topological polar surface area (TPSA) is 82.2 Å². The fraction of sp³-hybridized carbons (Fsp3) is 0.333. The van der Waals surface area contributed by atoms with E-state index in [1.54, 1.807) is 25.3 Å². The third kappa shape index (κ3) is 3.53. The number of benzene rings is 1. The van der Waals surface area contributed by atoms with Crippen LogP contribution in [0.5, 0.6) is 5.75 Å². The van der Waals surface area contributed by atoms with E-state index in [4.69, 9.17) is 10.5 Å². The van der Waals surface area contributed by atoms with Gasteiger partial charge in [-0.1, -0.05) is 6.92 Å². The molecule has 2 aromatic rings. The molecule has 0 saturated heterocycles. The molecule has 21 heavy (non-hydrogen) atoms. The second-order valence-electron chi connectivity index (χ2n) is 4.71. The third-order valence-electron chi connectivity index (χ3n) is 3.21. The zero-order valence-electron chi connectivity index (χ0n) is 12.3. The van der Waals surface area contributed by atoms with Gasteiger partial charge in [-0.25, -0.2) is 4.98 Å². The second-order valence-corrected chi connectivity index (χ2v) is 4.71. The Bertz CT molecular complexity index is 622. The van der Waals surface area contributed by atoms with Crippen LogP contribution >= 0.6 is 0 Å². The number of hydrogen-bond acceptors (Lipinski definition) is 4. The number of amides is 1. The van der Waals surface area contributed by atoms with Gasteiger partial charge in [-0.3, -0.25) is 4.79 Å². The van der Waals surface area contributed by atoms with Crippen LogP contribution in [-0.4, -0.2) is 22.6 Å². The number of nitrogens with one attached hydrogen (secondary N) is 1. The Hall–Kier alpha value is -2.50. The lowest BCUT2D eigenvalue weighted by atomic mass is 10.1. The van der Waals surface area contributed by atoms with Gasteiger partial charge in [0.15, 0.2) is 0 Å². The molecule has 0 fully saturated rings. The Morgan fingerprint density at radius 2 is 2.29 bits per heavy atom. The number of nitrogens with two attached hydrogens (primary N) is 1. The number of rotatable bonds is 7. The van der Waals surface area contributed by atoms with Crippen molar-refractivity contribution < 1.29 is 9.53 Å². The average molecular weight is 288 g/mol. The minimum Gasteiger partial charge on any atom is -0.495 e. The normalized spacial score (nSPS) is 10.4. The number of anilines is 1. The van der Waals surface area contributed by atoms with Gasteiger partial charge < -0.3 is 20.4 Å². The molecular weight excluding hydrogens is 268 g/mol. The molecule has 0 bridgehead atoms. The molecule has 2 rings (SSSR count). The molecule has 0 saturated carbocycles.